The summed E-state index contributed by atoms with van der Waals surface area (Å²) in [6.07, 6.45) is 18.7. The van der Waals surface area contributed by atoms with E-state index in [-0.39, 0.29) is 18.4 Å². The minimum atomic E-state index is -0.448. The molecule has 1 rings (SSSR count). The Labute approximate surface area is 209 Å². The van der Waals surface area contributed by atoms with Crippen LogP contribution in [-0.4, -0.2) is 24.9 Å². The molecule has 0 saturated heterocycles. The number of nitrogens with one attached hydrogen (secondary N) is 3. The first-order chi connectivity index (χ1) is 16.3. The van der Waals surface area contributed by atoms with Crippen molar-refractivity contribution in [3.05, 3.63) is 24.3 Å². The molecule has 0 aliphatic heterocycles. The zero-order valence-corrected chi connectivity index (χ0v) is 22.4. The van der Waals surface area contributed by atoms with Crippen molar-refractivity contribution in [2.75, 3.05) is 23.7 Å². The highest BCUT2D eigenvalue weighted by atomic mass is 16.2. The molecule has 0 aliphatic rings. The van der Waals surface area contributed by atoms with Crippen LogP contribution < -0.4 is 16.0 Å². The van der Waals surface area contributed by atoms with E-state index in [1.165, 1.54) is 83.5 Å². The number of hydrogen-bond donors (Lipinski definition) is 3. The van der Waals surface area contributed by atoms with Gasteiger partial charge in [0, 0.05) is 23.3 Å². The highest BCUT2D eigenvalue weighted by Crippen LogP contribution is 2.20. The van der Waals surface area contributed by atoms with Crippen molar-refractivity contribution < 1.29 is 9.59 Å². The average Bonchev–Trinajstić information content (AvgIpc) is 2.80. The van der Waals surface area contributed by atoms with E-state index in [9.17, 15) is 9.59 Å². The monoisotopic (exact) mass is 473 g/mol. The first-order valence-corrected chi connectivity index (χ1v) is 13.7. The maximum absolute atomic E-state index is 12.1. The summed E-state index contributed by atoms with van der Waals surface area (Å²) in [5.41, 5.74) is 1.10. The Kier molecular flexibility index (Phi) is 16.1. The van der Waals surface area contributed by atoms with Gasteiger partial charge in [-0.05, 0) is 24.6 Å². The Morgan fingerprint density at radius 1 is 0.735 bits per heavy atom. The van der Waals surface area contributed by atoms with Crippen LogP contribution >= 0.6 is 0 Å². The number of hydrogen-bond acceptors (Lipinski definition) is 3. The van der Waals surface area contributed by atoms with Crippen LogP contribution in [0.3, 0.4) is 0 Å². The SMILES string of the molecule is CCCCCCCCCCCCCCCCNC(=O)CNc1cccc(NC(=O)C(C)(C)C)c1. The summed E-state index contributed by atoms with van der Waals surface area (Å²) in [7, 11) is 0. The van der Waals surface area contributed by atoms with Gasteiger partial charge in [0.1, 0.15) is 0 Å². The molecule has 0 radical (unpaired) electrons. The van der Waals surface area contributed by atoms with Crippen LogP contribution in [0.25, 0.3) is 0 Å². The summed E-state index contributed by atoms with van der Waals surface area (Å²) in [5.74, 6) is -0.0330. The van der Waals surface area contributed by atoms with Gasteiger partial charge in [-0.15, -0.1) is 0 Å². The first-order valence-electron chi connectivity index (χ1n) is 13.7. The normalized spacial score (nSPS) is 11.3. The number of amides is 2. The predicted octanol–water partition coefficient (Wildman–Crippen LogP) is 7.68. The first kappa shape index (κ1) is 30.0. The van der Waals surface area contributed by atoms with Crippen molar-refractivity contribution in [2.24, 2.45) is 5.41 Å². The summed E-state index contributed by atoms with van der Waals surface area (Å²) in [6, 6.07) is 7.47. The zero-order chi connectivity index (χ0) is 25.1. The van der Waals surface area contributed by atoms with Crippen molar-refractivity contribution in [3.8, 4) is 0 Å². The molecule has 5 heteroatoms. The minimum Gasteiger partial charge on any atom is -0.376 e. The van der Waals surface area contributed by atoms with Gasteiger partial charge in [-0.3, -0.25) is 9.59 Å². The van der Waals surface area contributed by atoms with Crippen LogP contribution in [0.2, 0.25) is 0 Å². The number of unbranched alkanes of at least 4 members (excludes halogenated alkanes) is 13. The van der Waals surface area contributed by atoms with E-state index in [1.807, 2.05) is 45.0 Å². The average molecular weight is 474 g/mol. The molecule has 34 heavy (non-hydrogen) atoms. The maximum atomic E-state index is 12.1. The third kappa shape index (κ3) is 15.7. The van der Waals surface area contributed by atoms with Crippen molar-refractivity contribution in [1.29, 1.82) is 0 Å². The minimum absolute atomic E-state index is 0.00109. The Hall–Kier alpha value is -2.04. The fourth-order valence-corrected chi connectivity index (χ4v) is 3.82. The van der Waals surface area contributed by atoms with E-state index in [0.29, 0.717) is 0 Å². The van der Waals surface area contributed by atoms with Crippen LogP contribution in [-0.2, 0) is 9.59 Å². The molecule has 3 N–H and O–H groups in total. The largest absolute Gasteiger partial charge is 0.376 e. The molecule has 1 aromatic rings. The van der Waals surface area contributed by atoms with Crippen LogP contribution in [0, 0.1) is 5.41 Å². The van der Waals surface area contributed by atoms with E-state index < -0.39 is 5.41 Å². The highest BCUT2D eigenvalue weighted by Gasteiger charge is 2.21. The molecule has 0 spiro atoms. The maximum Gasteiger partial charge on any atom is 0.239 e. The van der Waals surface area contributed by atoms with Gasteiger partial charge in [0.15, 0.2) is 0 Å². The molecule has 0 bridgehead atoms. The van der Waals surface area contributed by atoms with Gasteiger partial charge in [0.05, 0.1) is 6.54 Å². The molecular formula is C29H51N3O2. The standard InChI is InChI=1S/C29H51N3O2/c1-5-6-7-8-9-10-11-12-13-14-15-16-17-18-22-30-27(33)24-31-25-20-19-21-26(23-25)32-28(34)29(2,3)4/h19-21,23,31H,5-18,22,24H2,1-4H3,(H,30,33)(H,32,34). The molecule has 0 aliphatic carbocycles. The van der Waals surface area contributed by atoms with Crippen LogP contribution in [0.15, 0.2) is 24.3 Å². The molecule has 0 aromatic heterocycles. The molecule has 194 valence electrons. The molecule has 0 unspecified atom stereocenters. The van der Waals surface area contributed by atoms with Crippen LogP contribution in [0.5, 0.6) is 0 Å². The number of benzene rings is 1. The summed E-state index contributed by atoms with van der Waals surface area (Å²) in [6.45, 7) is 8.89. The Morgan fingerprint density at radius 2 is 1.24 bits per heavy atom. The second-order valence-electron chi connectivity index (χ2n) is 10.6. The molecule has 0 atom stereocenters. The number of carbonyl (C=O) groups excluding carboxylic acids is 2. The molecule has 2 amide bonds. The molecule has 0 heterocycles. The van der Waals surface area contributed by atoms with E-state index in [4.69, 9.17) is 0 Å². The Bertz CT molecular complexity index is 682. The van der Waals surface area contributed by atoms with Gasteiger partial charge >= 0.3 is 0 Å². The molecule has 5 nitrogen and oxygen atoms in total. The number of carbonyl (C=O) groups is 2. The van der Waals surface area contributed by atoms with E-state index in [1.54, 1.807) is 0 Å². The lowest BCUT2D eigenvalue weighted by Crippen LogP contribution is -2.30. The second-order valence-corrected chi connectivity index (χ2v) is 10.6. The quantitative estimate of drug-likeness (QED) is 0.180. The molecule has 0 fully saturated rings. The smallest absolute Gasteiger partial charge is 0.239 e. The topological polar surface area (TPSA) is 70.2 Å². The summed E-state index contributed by atoms with van der Waals surface area (Å²) in [5, 5.41) is 9.04. The van der Waals surface area contributed by atoms with Crippen molar-refractivity contribution in [3.63, 3.8) is 0 Å². The second kappa shape index (κ2) is 18.3. The highest BCUT2D eigenvalue weighted by molar-refractivity contribution is 5.95. The van der Waals surface area contributed by atoms with Gasteiger partial charge in [-0.25, -0.2) is 0 Å². The van der Waals surface area contributed by atoms with Gasteiger partial charge in [0.25, 0.3) is 0 Å². The fourth-order valence-electron chi connectivity index (χ4n) is 3.82. The van der Waals surface area contributed by atoms with Gasteiger partial charge < -0.3 is 16.0 Å². The van der Waals surface area contributed by atoms with Crippen molar-refractivity contribution in [1.82, 2.24) is 5.32 Å². The Balaban J connectivity index is 2.00. The third-order valence-electron chi connectivity index (χ3n) is 6.11. The van der Waals surface area contributed by atoms with Crippen molar-refractivity contribution in [2.45, 2.75) is 118 Å². The lowest BCUT2D eigenvalue weighted by Gasteiger charge is -2.18. The summed E-state index contributed by atoms with van der Waals surface area (Å²) < 4.78 is 0. The molecular weight excluding hydrogens is 422 g/mol. The van der Waals surface area contributed by atoms with Crippen LogP contribution in [0.1, 0.15) is 118 Å². The van der Waals surface area contributed by atoms with Crippen molar-refractivity contribution >= 4 is 23.2 Å². The molecule has 1 aromatic carbocycles. The predicted molar refractivity (Wildman–Crippen MR) is 146 cm³/mol. The third-order valence-corrected chi connectivity index (χ3v) is 6.11. The Morgan fingerprint density at radius 3 is 1.76 bits per heavy atom. The zero-order valence-electron chi connectivity index (χ0n) is 22.4. The van der Waals surface area contributed by atoms with E-state index in [2.05, 4.69) is 22.9 Å². The number of anilines is 2. The van der Waals surface area contributed by atoms with E-state index >= 15 is 0 Å². The fraction of sp³-hybridized carbons (Fsp3) is 0.724. The molecule has 0 saturated carbocycles. The van der Waals surface area contributed by atoms with Gasteiger partial charge in [-0.1, -0.05) is 117 Å². The van der Waals surface area contributed by atoms with Gasteiger partial charge in [0.2, 0.25) is 11.8 Å². The van der Waals surface area contributed by atoms with E-state index in [0.717, 1.165) is 24.3 Å². The summed E-state index contributed by atoms with van der Waals surface area (Å²) in [4.78, 5) is 24.2. The lowest BCUT2D eigenvalue weighted by molar-refractivity contribution is -0.123. The van der Waals surface area contributed by atoms with Crippen LogP contribution in [0.4, 0.5) is 11.4 Å². The summed E-state index contributed by atoms with van der Waals surface area (Å²) >= 11 is 0. The van der Waals surface area contributed by atoms with Gasteiger partial charge in [-0.2, -0.15) is 0 Å². The lowest BCUT2D eigenvalue weighted by atomic mass is 9.95. The number of rotatable bonds is 19.